The van der Waals surface area contributed by atoms with Crippen molar-refractivity contribution in [3.63, 3.8) is 0 Å². The van der Waals surface area contributed by atoms with Crippen LogP contribution >= 0.6 is 27.5 Å². The molecule has 0 spiro atoms. The maximum Gasteiger partial charge on any atom is 0.163 e. The highest BCUT2D eigenvalue weighted by Gasteiger charge is 2.07. The summed E-state index contributed by atoms with van der Waals surface area (Å²) in [6.45, 7) is 0.355. The molecule has 2 aromatic rings. The SMILES string of the molecule is O=C(CCCOc1ccc(F)cc1Cl)c1ccc(Br)cc1. The van der Waals surface area contributed by atoms with E-state index < -0.39 is 5.82 Å². The molecule has 0 atom stereocenters. The average Bonchev–Trinajstić information content (AvgIpc) is 2.46. The Labute approximate surface area is 136 Å². The van der Waals surface area contributed by atoms with E-state index in [-0.39, 0.29) is 10.8 Å². The molecule has 2 rings (SSSR count). The molecule has 2 nitrogen and oxygen atoms in total. The van der Waals surface area contributed by atoms with Gasteiger partial charge in [-0.3, -0.25) is 4.79 Å². The monoisotopic (exact) mass is 370 g/mol. The van der Waals surface area contributed by atoms with Crippen LogP contribution < -0.4 is 4.74 Å². The Morgan fingerprint density at radius 3 is 2.57 bits per heavy atom. The molecule has 110 valence electrons. The average molecular weight is 372 g/mol. The van der Waals surface area contributed by atoms with E-state index >= 15 is 0 Å². The summed E-state index contributed by atoms with van der Waals surface area (Å²) in [5.74, 6) is 0.0863. The van der Waals surface area contributed by atoms with Crippen molar-refractivity contribution in [3.8, 4) is 5.75 Å². The van der Waals surface area contributed by atoms with E-state index in [4.69, 9.17) is 16.3 Å². The van der Waals surface area contributed by atoms with Gasteiger partial charge in [0.15, 0.2) is 5.78 Å². The van der Waals surface area contributed by atoms with Crippen LogP contribution in [0.2, 0.25) is 5.02 Å². The first-order chi connectivity index (χ1) is 10.1. The zero-order valence-corrected chi connectivity index (χ0v) is 13.5. The molecule has 0 N–H and O–H groups in total. The van der Waals surface area contributed by atoms with Crippen LogP contribution in [0.15, 0.2) is 46.9 Å². The summed E-state index contributed by atoms with van der Waals surface area (Å²) >= 11 is 9.17. The Hall–Kier alpha value is -1.39. The summed E-state index contributed by atoms with van der Waals surface area (Å²) in [6, 6.07) is 11.2. The Morgan fingerprint density at radius 1 is 1.19 bits per heavy atom. The molecule has 0 saturated carbocycles. The predicted octanol–water partition coefficient (Wildman–Crippen LogP) is 5.28. The van der Waals surface area contributed by atoms with Gasteiger partial charge in [-0.05, 0) is 36.8 Å². The van der Waals surface area contributed by atoms with E-state index in [1.54, 1.807) is 12.1 Å². The molecule has 5 heteroatoms. The van der Waals surface area contributed by atoms with Gasteiger partial charge in [0.25, 0.3) is 0 Å². The number of ether oxygens (including phenoxy) is 1. The van der Waals surface area contributed by atoms with E-state index in [2.05, 4.69) is 15.9 Å². The predicted molar refractivity (Wildman–Crippen MR) is 84.6 cm³/mol. The zero-order valence-electron chi connectivity index (χ0n) is 11.1. The van der Waals surface area contributed by atoms with Crippen LogP contribution in [-0.4, -0.2) is 12.4 Å². The third-order valence-corrected chi connectivity index (χ3v) is 3.69. The van der Waals surface area contributed by atoms with Gasteiger partial charge in [0.05, 0.1) is 11.6 Å². The van der Waals surface area contributed by atoms with Crippen molar-refractivity contribution in [1.82, 2.24) is 0 Å². The van der Waals surface area contributed by atoms with Crippen molar-refractivity contribution in [2.75, 3.05) is 6.61 Å². The molecule has 0 heterocycles. The van der Waals surface area contributed by atoms with Crippen molar-refractivity contribution < 1.29 is 13.9 Å². The lowest BCUT2D eigenvalue weighted by Crippen LogP contribution is -2.04. The topological polar surface area (TPSA) is 26.3 Å². The largest absolute Gasteiger partial charge is 0.492 e. The Balaban J connectivity index is 1.79. The van der Waals surface area contributed by atoms with Crippen molar-refractivity contribution in [2.24, 2.45) is 0 Å². The number of rotatable bonds is 6. The third kappa shape index (κ3) is 4.83. The quantitative estimate of drug-likeness (QED) is 0.510. The van der Waals surface area contributed by atoms with E-state index in [1.807, 2.05) is 12.1 Å². The van der Waals surface area contributed by atoms with Crippen molar-refractivity contribution in [2.45, 2.75) is 12.8 Å². The first-order valence-corrected chi connectivity index (χ1v) is 7.60. The van der Waals surface area contributed by atoms with Gasteiger partial charge in [-0.25, -0.2) is 4.39 Å². The van der Waals surface area contributed by atoms with Gasteiger partial charge in [-0.15, -0.1) is 0 Å². The lowest BCUT2D eigenvalue weighted by atomic mass is 10.1. The fourth-order valence-electron chi connectivity index (χ4n) is 1.79. The van der Waals surface area contributed by atoms with Crippen LogP contribution in [0.1, 0.15) is 23.2 Å². The Kier molecular flexibility index (Phi) is 5.76. The number of Topliss-reactive ketones (excluding diaryl/α,β-unsaturated/α-hetero) is 1. The van der Waals surface area contributed by atoms with Gasteiger partial charge in [-0.1, -0.05) is 39.7 Å². The van der Waals surface area contributed by atoms with Gasteiger partial charge in [-0.2, -0.15) is 0 Å². The van der Waals surface area contributed by atoms with E-state index in [9.17, 15) is 9.18 Å². The standard InChI is InChI=1S/C16H13BrClFO2/c17-12-5-3-11(4-6-12)15(20)2-1-9-21-16-8-7-13(19)10-14(16)18/h3-8,10H,1-2,9H2. The molecule has 0 bridgehead atoms. The normalized spacial score (nSPS) is 10.4. The van der Waals surface area contributed by atoms with Crippen LogP contribution in [0.3, 0.4) is 0 Å². The molecule has 0 amide bonds. The number of hydrogen-bond donors (Lipinski definition) is 0. The number of carbonyl (C=O) groups is 1. The van der Waals surface area contributed by atoms with Crippen LogP contribution in [0.5, 0.6) is 5.75 Å². The van der Waals surface area contributed by atoms with Crippen LogP contribution in [0, 0.1) is 5.82 Å². The molecule has 21 heavy (non-hydrogen) atoms. The number of hydrogen-bond acceptors (Lipinski definition) is 2. The smallest absolute Gasteiger partial charge is 0.163 e. The number of carbonyl (C=O) groups excluding carboxylic acids is 1. The summed E-state index contributed by atoms with van der Waals surface area (Å²) in [4.78, 5) is 11.9. The van der Waals surface area contributed by atoms with Crippen molar-refractivity contribution in [1.29, 1.82) is 0 Å². The number of halogens is 3. The van der Waals surface area contributed by atoms with Gasteiger partial charge >= 0.3 is 0 Å². The molecule has 0 radical (unpaired) electrons. The molecule has 0 aliphatic heterocycles. The maximum atomic E-state index is 12.9. The number of benzene rings is 2. The molecule has 0 saturated heterocycles. The summed E-state index contributed by atoms with van der Waals surface area (Å²) in [7, 11) is 0. The lowest BCUT2D eigenvalue weighted by Gasteiger charge is -2.07. The molecular formula is C16H13BrClFO2. The Morgan fingerprint density at radius 2 is 1.90 bits per heavy atom. The fraction of sp³-hybridized carbons (Fsp3) is 0.188. The highest BCUT2D eigenvalue weighted by Crippen LogP contribution is 2.25. The minimum atomic E-state index is -0.405. The third-order valence-electron chi connectivity index (χ3n) is 2.87. The van der Waals surface area contributed by atoms with E-state index in [0.29, 0.717) is 30.8 Å². The molecule has 0 aromatic heterocycles. The van der Waals surface area contributed by atoms with E-state index in [0.717, 1.165) is 4.47 Å². The molecule has 0 unspecified atom stereocenters. The summed E-state index contributed by atoms with van der Waals surface area (Å²) in [5.41, 5.74) is 0.679. The molecular weight excluding hydrogens is 359 g/mol. The van der Waals surface area contributed by atoms with E-state index in [1.165, 1.54) is 18.2 Å². The second kappa shape index (κ2) is 7.57. The summed E-state index contributed by atoms with van der Waals surface area (Å²) in [5, 5.41) is 0.231. The molecule has 0 aliphatic rings. The van der Waals surface area contributed by atoms with Gasteiger partial charge in [0, 0.05) is 16.5 Å². The summed E-state index contributed by atoms with van der Waals surface area (Å²) < 4.78 is 19.2. The molecule has 0 fully saturated rings. The minimum absolute atomic E-state index is 0.0660. The first kappa shape index (κ1) is 16.0. The highest BCUT2D eigenvalue weighted by atomic mass is 79.9. The van der Waals surface area contributed by atoms with Crippen LogP contribution in [0.25, 0.3) is 0 Å². The number of ketones is 1. The highest BCUT2D eigenvalue weighted by molar-refractivity contribution is 9.10. The Bertz CT molecular complexity index is 629. The first-order valence-electron chi connectivity index (χ1n) is 6.43. The van der Waals surface area contributed by atoms with Gasteiger partial charge < -0.3 is 4.74 Å². The second-order valence-electron chi connectivity index (χ2n) is 4.46. The van der Waals surface area contributed by atoms with Crippen LogP contribution in [-0.2, 0) is 0 Å². The van der Waals surface area contributed by atoms with Crippen molar-refractivity contribution >= 4 is 33.3 Å². The molecule has 0 aliphatic carbocycles. The second-order valence-corrected chi connectivity index (χ2v) is 5.78. The van der Waals surface area contributed by atoms with Crippen molar-refractivity contribution in [3.05, 3.63) is 63.3 Å². The fourth-order valence-corrected chi connectivity index (χ4v) is 2.27. The molecule has 2 aromatic carbocycles. The summed E-state index contributed by atoms with van der Waals surface area (Å²) in [6.07, 6.45) is 0.961. The van der Waals surface area contributed by atoms with Gasteiger partial charge in [0.2, 0.25) is 0 Å². The maximum absolute atomic E-state index is 12.9. The van der Waals surface area contributed by atoms with Crippen LogP contribution in [0.4, 0.5) is 4.39 Å². The van der Waals surface area contributed by atoms with Gasteiger partial charge in [0.1, 0.15) is 11.6 Å². The zero-order chi connectivity index (χ0) is 15.2. The minimum Gasteiger partial charge on any atom is -0.492 e. The lowest BCUT2D eigenvalue weighted by molar-refractivity contribution is 0.0973.